The number of sulfonamides is 1. The molecule has 1 aliphatic heterocycles. The molecule has 0 radical (unpaired) electrons. The zero-order valence-corrected chi connectivity index (χ0v) is 22.1. The van der Waals surface area contributed by atoms with Gasteiger partial charge in [0, 0.05) is 13.0 Å². The van der Waals surface area contributed by atoms with Crippen LogP contribution in [0.4, 0.5) is 0 Å². The number of nitrogens with zero attached hydrogens (tertiary/aromatic N) is 1. The maximum Gasteiger partial charge on any atom is 0.341 e. The van der Waals surface area contributed by atoms with Crippen molar-refractivity contribution >= 4 is 44.7 Å². The van der Waals surface area contributed by atoms with Crippen LogP contribution in [0.15, 0.2) is 64.9 Å². The third-order valence-corrected chi connectivity index (χ3v) is 9.66. The monoisotopic (exact) mass is 547 g/mol. The fourth-order valence-corrected chi connectivity index (χ4v) is 7.46. The number of benzene rings is 2. The number of para-hydroxylation sites is 1. The maximum atomic E-state index is 13.0. The van der Waals surface area contributed by atoms with E-state index < -0.39 is 22.0 Å². The maximum absolute atomic E-state index is 13.0. The number of aryl methyl sites for hydroxylation is 1. The number of rotatable bonds is 10. The van der Waals surface area contributed by atoms with E-state index in [1.54, 1.807) is 30.3 Å². The van der Waals surface area contributed by atoms with Crippen LogP contribution < -0.4 is 4.74 Å². The van der Waals surface area contributed by atoms with Gasteiger partial charge in [-0.2, -0.15) is 4.31 Å². The molecule has 0 aliphatic carbocycles. The topological polar surface area (TPSA) is 90.0 Å². The van der Waals surface area contributed by atoms with Gasteiger partial charge >= 0.3 is 5.97 Å². The predicted molar refractivity (Wildman–Crippen MR) is 138 cm³/mol. The minimum absolute atomic E-state index is 0.0782. The van der Waals surface area contributed by atoms with Gasteiger partial charge in [-0.3, -0.25) is 4.79 Å². The number of esters is 1. The second-order valence-corrected chi connectivity index (χ2v) is 12.2. The van der Waals surface area contributed by atoms with Crippen LogP contribution in [-0.4, -0.2) is 44.2 Å². The van der Waals surface area contributed by atoms with Crippen LogP contribution in [-0.2, 0) is 32.6 Å². The van der Waals surface area contributed by atoms with Gasteiger partial charge in [0.15, 0.2) is 5.78 Å². The van der Waals surface area contributed by atoms with E-state index in [1.807, 2.05) is 24.3 Å². The van der Waals surface area contributed by atoms with Crippen molar-refractivity contribution in [3.05, 3.63) is 81.7 Å². The quantitative estimate of drug-likeness (QED) is 0.327. The lowest BCUT2D eigenvalue weighted by atomic mass is 10.0. The summed E-state index contributed by atoms with van der Waals surface area (Å²) in [6, 6.07) is 17.0. The van der Waals surface area contributed by atoms with Gasteiger partial charge in [-0.05, 0) is 54.7 Å². The number of hydrogen-bond acceptors (Lipinski definition) is 7. The van der Waals surface area contributed by atoms with Gasteiger partial charge in [-0.15, -0.1) is 11.3 Å². The fraction of sp³-hybridized carbons (Fsp3) is 0.308. The number of halogens is 1. The molecule has 0 amide bonds. The summed E-state index contributed by atoms with van der Waals surface area (Å²) >= 11 is 6.92. The first-order valence-corrected chi connectivity index (χ1v) is 14.1. The highest BCUT2D eigenvalue weighted by molar-refractivity contribution is 7.91. The van der Waals surface area contributed by atoms with Crippen LogP contribution in [0.5, 0.6) is 5.75 Å². The summed E-state index contributed by atoms with van der Waals surface area (Å²) in [7, 11) is -2.41. The van der Waals surface area contributed by atoms with Crippen molar-refractivity contribution in [1.82, 2.24) is 4.31 Å². The average Bonchev–Trinajstić information content (AvgIpc) is 3.57. The van der Waals surface area contributed by atoms with E-state index >= 15 is 0 Å². The second kappa shape index (κ2) is 11.6. The Hall–Kier alpha value is -2.72. The molecule has 190 valence electrons. The molecule has 0 saturated carbocycles. The predicted octanol–water partition coefficient (Wildman–Crippen LogP) is 5.12. The molecule has 4 rings (SSSR count). The molecule has 0 spiro atoms. The zero-order valence-electron chi connectivity index (χ0n) is 19.7. The molecule has 10 heteroatoms. The molecule has 2 heterocycles. The Labute approximate surface area is 219 Å². The van der Waals surface area contributed by atoms with Crippen LogP contribution in [0.1, 0.15) is 40.7 Å². The van der Waals surface area contributed by atoms with Crippen LogP contribution in [0, 0.1) is 0 Å². The van der Waals surface area contributed by atoms with Crippen molar-refractivity contribution < 1.29 is 27.5 Å². The number of carbonyl (C=O) groups is 2. The van der Waals surface area contributed by atoms with Gasteiger partial charge in [0.05, 0.1) is 17.5 Å². The summed E-state index contributed by atoms with van der Waals surface area (Å²) in [6.07, 6.45) is 1.95. The summed E-state index contributed by atoms with van der Waals surface area (Å²) in [4.78, 5) is 24.9. The van der Waals surface area contributed by atoms with Crippen molar-refractivity contribution in [3.63, 3.8) is 0 Å². The van der Waals surface area contributed by atoms with Crippen molar-refractivity contribution in [3.8, 4) is 5.75 Å². The standard InChI is InChI=1S/C26H26ClNO6S2/c1-33-26(30)20-5-2-3-7-23(20)34-17-19-10-8-18(9-11-19)12-13-22(29)21-6-4-16-28(21)36(31,32)25-15-14-24(27)35-25/h2-3,5,7-11,14-15,21H,4,6,12-13,16-17H2,1H3/t21-/m0/s1. The fourth-order valence-electron chi connectivity index (χ4n) is 4.17. The molecule has 3 aromatic rings. The van der Waals surface area contributed by atoms with Gasteiger partial charge in [0.1, 0.15) is 22.1 Å². The molecule has 1 saturated heterocycles. The highest BCUT2D eigenvalue weighted by Crippen LogP contribution is 2.33. The third kappa shape index (κ3) is 5.98. The summed E-state index contributed by atoms with van der Waals surface area (Å²) in [5, 5.41) is 0. The number of carbonyl (C=O) groups excluding carboxylic acids is 2. The van der Waals surface area contributed by atoms with E-state index in [0.29, 0.717) is 41.5 Å². The lowest BCUT2D eigenvalue weighted by molar-refractivity contribution is -0.122. The Kier molecular flexibility index (Phi) is 8.46. The van der Waals surface area contributed by atoms with E-state index in [0.717, 1.165) is 22.5 Å². The molecule has 1 aliphatic rings. The number of ketones is 1. The average molecular weight is 548 g/mol. The SMILES string of the molecule is COC(=O)c1ccccc1OCc1ccc(CCC(=O)[C@@H]2CCCN2S(=O)(=O)c2ccc(Cl)s2)cc1. The molecule has 0 bridgehead atoms. The zero-order chi connectivity index (χ0) is 25.7. The smallest absolute Gasteiger partial charge is 0.341 e. The molecular weight excluding hydrogens is 522 g/mol. The van der Waals surface area contributed by atoms with Crippen molar-refractivity contribution in [1.29, 1.82) is 0 Å². The first-order chi connectivity index (χ1) is 17.3. The number of hydrogen-bond donors (Lipinski definition) is 0. The number of ether oxygens (including phenoxy) is 2. The molecule has 2 aromatic carbocycles. The highest BCUT2D eigenvalue weighted by Gasteiger charge is 2.39. The molecule has 0 unspecified atom stereocenters. The normalized spacial score (nSPS) is 16.1. The van der Waals surface area contributed by atoms with Gasteiger partial charge in [0.25, 0.3) is 10.0 Å². The lowest BCUT2D eigenvalue weighted by Crippen LogP contribution is -2.40. The Balaban J connectivity index is 1.33. The van der Waals surface area contributed by atoms with E-state index in [1.165, 1.54) is 17.5 Å². The molecule has 1 atom stereocenters. The molecule has 7 nitrogen and oxygen atoms in total. The van der Waals surface area contributed by atoms with Crippen LogP contribution in [0.3, 0.4) is 0 Å². The summed E-state index contributed by atoms with van der Waals surface area (Å²) in [5.41, 5.74) is 2.24. The van der Waals surface area contributed by atoms with E-state index in [-0.39, 0.29) is 23.0 Å². The molecule has 0 N–H and O–H groups in total. The highest BCUT2D eigenvalue weighted by atomic mass is 35.5. The molecule has 1 fully saturated rings. The van der Waals surface area contributed by atoms with Gasteiger partial charge in [0.2, 0.25) is 0 Å². The van der Waals surface area contributed by atoms with Crippen LogP contribution in [0.25, 0.3) is 0 Å². The Bertz CT molecular complexity index is 1340. The van der Waals surface area contributed by atoms with Crippen LogP contribution in [0.2, 0.25) is 4.34 Å². The molecule has 1 aromatic heterocycles. The van der Waals surface area contributed by atoms with E-state index in [2.05, 4.69) is 0 Å². The first-order valence-electron chi connectivity index (χ1n) is 11.5. The van der Waals surface area contributed by atoms with E-state index in [9.17, 15) is 18.0 Å². The Morgan fingerprint density at radius 1 is 1.06 bits per heavy atom. The van der Waals surface area contributed by atoms with Gasteiger partial charge < -0.3 is 9.47 Å². The number of Topliss-reactive ketones (excluding diaryl/α,β-unsaturated/α-hetero) is 1. The number of thiophene rings is 1. The van der Waals surface area contributed by atoms with Gasteiger partial charge in [-0.25, -0.2) is 13.2 Å². The Morgan fingerprint density at radius 2 is 1.78 bits per heavy atom. The van der Waals surface area contributed by atoms with Gasteiger partial charge in [-0.1, -0.05) is 48.0 Å². The van der Waals surface area contributed by atoms with E-state index in [4.69, 9.17) is 21.1 Å². The van der Waals surface area contributed by atoms with Crippen LogP contribution >= 0.6 is 22.9 Å². The minimum atomic E-state index is -3.74. The van der Waals surface area contributed by atoms with Crippen molar-refractivity contribution in [2.75, 3.05) is 13.7 Å². The second-order valence-electron chi connectivity index (χ2n) is 8.39. The largest absolute Gasteiger partial charge is 0.488 e. The summed E-state index contributed by atoms with van der Waals surface area (Å²) < 4.78 is 38.5. The van der Waals surface area contributed by atoms with Crippen molar-refractivity contribution in [2.45, 2.75) is 42.5 Å². The molecular formula is C26H26ClNO6S2. The Morgan fingerprint density at radius 3 is 2.47 bits per heavy atom. The number of methoxy groups -OCH3 is 1. The lowest BCUT2D eigenvalue weighted by Gasteiger charge is -2.22. The first kappa shape index (κ1) is 26.3. The summed E-state index contributed by atoms with van der Waals surface area (Å²) in [5.74, 6) is -0.0936. The molecule has 36 heavy (non-hydrogen) atoms. The summed E-state index contributed by atoms with van der Waals surface area (Å²) in [6.45, 7) is 0.608. The van der Waals surface area contributed by atoms with Crippen molar-refractivity contribution in [2.24, 2.45) is 0 Å². The third-order valence-electron chi connectivity index (χ3n) is 6.06. The minimum Gasteiger partial charge on any atom is -0.488 e.